The molecule has 1 aromatic heterocycles. The fourth-order valence-corrected chi connectivity index (χ4v) is 3.12. The molecule has 1 heterocycles. The summed E-state index contributed by atoms with van der Waals surface area (Å²) >= 11 is 6.17. The molecule has 8 nitrogen and oxygen atoms in total. The minimum atomic E-state index is -1.44. The topological polar surface area (TPSA) is 114 Å². The third-order valence-corrected chi connectivity index (χ3v) is 4.66. The summed E-state index contributed by atoms with van der Waals surface area (Å²) in [6.45, 7) is 2.70. The third kappa shape index (κ3) is 4.56. The Labute approximate surface area is 176 Å². The van der Waals surface area contributed by atoms with Crippen molar-refractivity contribution < 1.29 is 15.0 Å². The number of carbonyl (C=O) groups excluding carboxylic acids is 1. The number of benzene rings is 2. The van der Waals surface area contributed by atoms with Crippen LogP contribution in [0.25, 0.3) is 5.69 Å². The molecule has 0 amide bonds. The predicted molar refractivity (Wildman–Crippen MR) is 111 cm³/mol. The molecule has 2 aromatic carbocycles. The highest BCUT2D eigenvalue weighted by atomic mass is 35.5. The second kappa shape index (κ2) is 8.35. The lowest BCUT2D eigenvalue weighted by atomic mass is 9.99. The molecule has 0 saturated heterocycles. The van der Waals surface area contributed by atoms with E-state index >= 15 is 0 Å². The van der Waals surface area contributed by atoms with E-state index < -0.39 is 28.7 Å². The Morgan fingerprint density at radius 1 is 1.17 bits per heavy atom. The molecule has 0 unspecified atom stereocenters. The number of ketones is 1. The first-order valence-corrected chi connectivity index (χ1v) is 9.45. The second-order valence-corrected chi connectivity index (χ2v) is 7.82. The van der Waals surface area contributed by atoms with Gasteiger partial charge in [-0.2, -0.15) is 9.78 Å². The molecule has 9 heteroatoms. The number of Topliss-reactive ketones (excluding diaryl/α,β-unsaturated/α-hetero) is 1. The Balaban J connectivity index is 2.06. The highest BCUT2D eigenvalue weighted by Crippen LogP contribution is 2.25. The van der Waals surface area contributed by atoms with Gasteiger partial charge in [-0.25, -0.2) is 4.79 Å². The largest absolute Gasteiger partial charge is 0.389 e. The van der Waals surface area contributed by atoms with Gasteiger partial charge in [-0.3, -0.25) is 14.2 Å². The summed E-state index contributed by atoms with van der Waals surface area (Å²) in [5.41, 5.74) is -2.17. The summed E-state index contributed by atoms with van der Waals surface area (Å²) < 4.78 is 1.77. The number of aromatic nitrogens is 3. The van der Waals surface area contributed by atoms with Crippen LogP contribution in [0.3, 0.4) is 0 Å². The van der Waals surface area contributed by atoms with Crippen molar-refractivity contribution in [2.45, 2.75) is 32.1 Å². The molecule has 0 radical (unpaired) electrons. The van der Waals surface area contributed by atoms with Crippen molar-refractivity contribution in [2.75, 3.05) is 0 Å². The van der Waals surface area contributed by atoms with E-state index in [9.17, 15) is 24.6 Å². The molecule has 1 atom stereocenters. The fraction of sp³-hybridized carbons (Fsp3) is 0.238. The molecular weight excluding hydrogens is 410 g/mol. The molecule has 0 aliphatic heterocycles. The number of aliphatic hydroxyl groups is 2. The monoisotopic (exact) mass is 429 g/mol. The van der Waals surface area contributed by atoms with Crippen molar-refractivity contribution in [3.8, 4) is 5.69 Å². The van der Waals surface area contributed by atoms with Crippen molar-refractivity contribution >= 4 is 17.4 Å². The number of carbonyl (C=O) groups is 1. The standard InChI is InChI=1S/C21H20ClN3O5/c1-21(2,30)12-24-17(26)11-23-25(20(24)29)14-8-9-16(22)15(10-14)19(28)18(27)13-6-4-3-5-7-13/h3-11,18,27,30H,12H2,1-2H3/t18-/m0/s1. The molecule has 0 bridgehead atoms. The average Bonchev–Trinajstić information content (AvgIpc) is 2.71. The van der Waals surface area contributed by atoms with Crippen molar-refractivity contribution in [3.63, 3.8) is 0 Å². The van der Waals surface area contributed by atoms with Crippen LogP contribution in [0.2, 0.25) is 5.02 Å². The number of rotatable bonds is 6. The van der Waals surface area contributed by atoms with Crippen LogP contribution >= 0.6 is 11.6 Å². The summed E-state index contributed by atoms with van der Waals surface area (Å²) in [6.07, 6.45) is -0.491. The molecule has 3 rings (SSSR count). The Morgan fingerprint density at radius 3 is 2.47 bits per heavy atom. The van der Waals surface area contributed by atoms with Gasteiger partial charge in [-0.1, -0.05) is 41.9 Å². The maximum atomic E-state index is 12.8. The van der Waals surface area contributed by atoms with E-state index in [4.69, 9.17) is 11.6 Å². The maximum Gasteiger partial charge on any atom is 0.352 e. The zero-order chi connectivity index (χ0) is 22.1. The van der Waals surface area contributed by atoms with E-state index in [1.54, 1.807) is 30.3 Å². The van der Waals surface area contributed by atoms with Crippen molar-refractivity contribution in [3.05, 3.63) is 91.7 Å². The van der Waals surface area contributed by atoms with Crippen molar-refractivity contribution in [1.82, 2.24) is 14.3 Å². The molecule has 3 aromatic rings. The molecule has 2 N–H and O–H groups in total. The molecule has 156 valence electrons. The summed E-state index contributed by atoms with van der Waals surface area (Å²) in [6, 6.07) is 12.6. The lowest BCUT2D eigenvalue weighted by Gasteiger charge is -2.18. The average molecular weight is 430 g/mol. The number of aliphatic hydroxyl groups excluding tert-OH is 1. The third-order valence-electron chi connectivity index (χ3n) is 4.33. The first-order valence-electron chi connectivity index (χ1n) is 9.07. The van der Waals surface area contributed by atoms with Gasteiger partial charge < -0.3 is 10.2 Å². The van der Waals surface area contributed by atoms with Gasteiger partial charge in [0.05, 0.1) is 22.9 Å². The summed E-state index contributed by atoms with van der Waals surface area (Å²) in [5.74, 6) is -0.647. The quantitative estimate of drug-likeness (QED) is 0.577. The van der Waals surface area contributed by atoms with Gasteiger partial charge in [-0.15, -0.1) is 0 Å². The normalized spacial score (nSPS) is 12.6. The highest BCUT2D eigenvalue weighted by Gasteiger charge is 2.23. The smallest absolute Gasteiger partial charge is 0.352 e. The van der Waals surface area contributed by atoms with Crippen LogP contribution in [0, 0.1) is 0 Å². The minimum absolute atomic E-state index is 0.000502. The molecule has 0 aliphatic carbocycles. The Morgan fingerprint density at radius 2 is 1.83 bits per heavy atom. The van der Waals surface area contributed by atoms with Crippen LogP contribution in [0.1, 0.15) is 35.9 Å². The van der Waals surface area contributed by atoms with Crippen LogP contribution in [0.5, 0.6) is 0 Å². The van der Waals surface area contributed by atoms with Gasteiger partial charge in [0.2, 0.25) is 0 Å². The Bertz CT molecular complexity index is 1200. The molecule has 0 saturated carbocycles. The Kier molecular flexibility index (Phi) is 6.02. The van der Waals surface area contributed by atoms with Crippen LogP contribution < -0.4 is 11.2 Å². The van der Waals surface area contributed by atoms with Gasteiger partial charge in [0.15, 0.2) is 5.78 Å². The Hall–Kier alpha value is -3.07. The van der Waals surface area contributed by atoms with E-state index in [1.165, 1.54) is 32.0 Å². The van der Waals surface area contributed by atoms with Crippen molar-refractivity contribution in [2.24, 2.45) is 0 Å². The first kappa shape index (κ1) is 21.6. The molecule has 30 heavy (non-hydrogen) atoms. The van der Waals surface area contributed by atoms with Gasteiger partial charge in [0.25, 0.3) is 5.56 Å². The number of hydrogen-bond donors (Lipinski definition) is 2. The van der Waals surface area contributed by atoms with E-state index in [0.717, 1.165) is 15.4 Å². The highest BCUT2D eigenvalue weighted by molar-refractivity contribution is 6.34. The van der Waals surface area contributed by atoms with E-state index in [0.29, 0.717) is 5.56 Å². The second-order valence-electron chi connectivity index (χ2n) is 7.42. The van der Waals surface area contributed by atoms with Crippen LogP contribution in [-0.2, 0) is 6.54 Å². The van der Waals surface area contributed by atoms with Crippen LogP contribution in [0.15, 0.2) is 64.3 Å². The minimum Gasteiger partial charge on any atom is -0.389 e. The molecule has 0 fully saturated rings. The zero-order valence-electron chi connectivity index (χ0n) is 16.3. The SMILES string of the molecule is CC(C)(O)Cn1c(=O)cnn(-c2ccc(Cl)c(C(=O)[C@@H](O)c3ccccc3)c2)c1=O. The number of nitrogens with zero attached hydrogens (tertiary/aromatic N) is 3. The van der Waals surface area contributed by atoms with Crippen LogP contribution in [-0.4, -0.2) is 35.9 Å². The van der Waals surface area contributed by atoms with Gasteiger partial charge in [0.1, 0.15) is 12.3 Å². The molecular formula is C21H20ClN3O5. The predicted octanol–water partition coefficient (Wildman–Crippen LogP) is 1.73. The van der Waals surface area contributed by atoms with Gasteiger partial charge >= 0.3 is 5.69 Å². The lowest BCUT2D eigenvalue weighted by Crippen LogP contribution is -2.44. The number of hydrogen-bond acceptors (Lipinski definition) is 6. The van der Waals surface area contributed by atoms with E-state index in [2.05, 4.69) is 5.10 Å². The van der Waals surface area contributed by atoms with Crippen molar-refractivity contribution in [1.29, 1.82) is 0 Å². The maximum absolute atomic E-state index is 12.8. The zero-order valence-corrected chi connectivity index (χ0v) is 17.1. The summed E-state index contributed by atoms with van der Waals surface area (Å²) in [5, 5.41) is 24.3. The van der Waals surface area contributed by atoms with Gasteiger partial charge in [0, 0.05) is 5.56 Å². The fourth-order valence-electron chi connectivity index (χ4n) is 2.91. The number of halogens is 1. The van der Waals surface area contributed by atoms with Crippen LogP contribution in [0.4, 0.5) is 0 Å². The summed E-state index contributed by atoms with van der Waals surface area (Å²) in [7, 11) is 0. The van der Waals surface area contributed by atoms with Gasteiger partial charge in [-0.05, 0) is 37.6 Å². The molecule has 0 aliphatic rings. The van der Waals surface area contributed by atoms with E-state index in [-0.39, 0.29) is 22.8 Å². The first-order chi connectivity index (χ1) is 14.1. The summed E-state index contributed by atoms with van der Waals surface area (Å²) in [4.78, 5) is 37.6. The van der Waals surface area contributed by atoms with E-state index in [1.807, 2.05) is 0 Å². The lowest BCUT2D eigenvalue weighted by molar-refractivity contribution is 0.0585. The molecule has 0 spiro atoms.